The minimum absolute atomic E-state index is 0.447. The van der Waals surface area contributed by atoms with Gasteiger partial charge in [0.1, 0.15) is 16.7 Å². The van der Waals surface area contributed by atoms with Gasteiger partial charge in [0.25, 0.3) is 0 Å². The third kappa shape index (κ3) is 1.99. The summed E-state index contributed by atoms with van der Waals surface area (Å²) < 4.78 is 2.01. The second-order valence-electron chi connectivity index (χ2n) is 3.16. The van der Waals surface area contributed by atoms with Crippen molar-refractivity contribution >= 4 is 11.6 Å². The van der Waals surface area contributed by atoms with Crippen LogP contribution in [-0.2, 0) is 6.54 Å². The number of halogens is 1. The lowest BCUT2D eigenvalue weighted by molar-refractivity contribution is 0.766. The van der Waals surface area contributed by atoms with Gasteiger partial charge in [-0.1, -0.05) is 11.6 Å². The zero-order chi connectivity index (χ0) is 10.8. The molecule has 0 spiro atoms. The molecule has 0 aliphatic heterocycles. The summed E-state index contributed by atoms with van der Waals surface area (Å²) in [7, 11) is 0. The molecule has 78 valence electrons. The highest BCUT2D eigenvalue weighted by Crippen LogP contribution is 2.18. The van der Waals surface area contributed by atoms with E-state index in [1.165, 1.54) is 0 Å². The van der Waals surface area contributed by atoms with Gasteiger partial charge in [0.15, 0.2) is 5.82 Å². The average molecular weight is 223 g/mol. The third-order valence-corrected chi connectivity index (χ3v) is 2.29. The van der Waals surface area contributed by atoms with E-state index in [2.05, 4.69) is 21.9 Å². The fourth-order valence-electron chi connectivity index (χ4n) is 1.44. The molecule has 5 heteroatoms. The maximum absolute atomic E-state index is 5.87. The standard InChI is InChI=1S/C10H11ClN4/c1-3-15-5-4-12-10(15)8-6-9(11)14-7(2)13-8/h4-6H,3H2,1-2H3. The van der Waals surface area contributed by atoms with Crippen LogP contribution in [0.3, 0.4) is 0 Å². The van der Waals surface area contributed by atoms with Gasteiger partial charge in [0.05, 0.1) is 0 Å². The molecule has 0 saturated heterocycles. The van der Waals surface area contributed by atoms with Gasteiger partial charge in [-0.3, -0.25) is 0 Å². The molecule has 0 N–H and O–H groups in total. The van der Waals surface area contributed by atoms with Crippen LogP contribution in [0.2, 0.25) is 5.15 Å². The van der Waals surface area contributed by atoms with E-state index >= 15 is 0 Å². The van der Waals surface area contributed by atoms with Crippen LogP contribution in [0.1, 0.15) is 12.7 Å². The van der Waals surface area contributed by atoms with Crippen molar-refractivity contribution in [1.82, 2.24) is 19.5 Å². The highest BCUT2D eigenvalue weighted by atomic mass is 35.5. The highest BCUT2D eigenvalue weighted by Gasteiger charge is 2.08. The fourth-order valence-corrected chi connectivity index (χ4v) is 1.67. The van der Waals surface area contributed by atoms with Crippen LogP contribution >= 0.6 is 11.6 Å². The van der Waals surface area contributed by atoms with Crippen molar-refractivity contribution in [3.05, 3.63) is 29.4 Å². The van der Waals surface area contributed by atoms with Gasteiger partial charge in [-0.15, -0.1) is 0 Å². The second-order valence-corrected chi connectivity index (χ2v) is 3.55. The first kappa shape index (κ1) is 10.1. The summed E-state index contributed by atoms with van der Waals surface area (Å²) in [5.74, 6) is 1.48. The second kappa shape index (κ2) is 3.98. The highest BCUT2D eigenvalue weighted by molar-refractivity contribution is 6.29. The molecule has 0 radical (unpaired) electrons. The molecule has 0 aliphatic carbocycles. The van der Waals surface area contributed by atoms with E-state index in [0.717, 1.165) is 18.1 Å². The molecular weight excluding hydrogens is 212 g/mol. The molecule has 0 fully saturated rings. The number of imidazole rings is 1. The first-order valence-corrected chi connectivity index (χ1v) is 5.11. The molecular formula is C10H11ClN4. The van der Waals surface area contributed by atoms with Crippen molar-refractivity contribution in [3.63, 3.8) is 0 Å². The lowest BCUT2D eigenvalue weighted by atomic mass is 10.3. The lowest BCUT2D eigenvalue weighted by Crippen LogP contribution is -1.99. The van der Waals surface area contributed by atoms with Crippen molar-refractivity contribution in [1.29, 1.82) is 0 Å². The minimum Gasteiger partial charge on any atom is -0.330 e. The summed E-state index contributed by atoms with van der Waals surface area (Å²) in [4.78, 5) is 12.6. The molecule has 2 heterocycles. The summed E-state index contributed by atoms with van der Waals surface area (Å²) in [6.45, 7) is 4.73. The SMILES string of the molecule is CCn1ccnc1-c1cc(Cl)nc(C)n1. The maximum atomic E-state index is 5.87. The number of hydrogen-bond donors (Lipinski definition) is 0. The molecule has 4 nitrogen and oxygen atoms in total. The smallest absolute Gasteiger partial charge is 0.158 e. The quantitative estimate of drug-likeness (QED) is 0.733. The Hall–Kier alpha value is -1.42. The maximum Gasteiger partial charge on any atom is 0.158 e. The number of aromatic nitrogens is 4. The van der Waals surface area contributed by atoms with Gasteiger partial charge < -0.3 is 4.57 Å². The van der Waals surface area contributed by atoms with Crippen molar-refractivity contribution in [2.24, 2.45) is 0 Å². The molecule has 15 heavy (non-hydrogen) atoms. The molecule has 2 aromatic heterocycles. The summed E-state index contributed by atoms with van der Waals surface area (Å²) in [6, 6.07) is 1.73. The molecule has 2 rings (SSSR count). The van der Waals surface area contributed by atoms with Crippen LogP contribution in [0.15, 0.2) is 18.5 Å². The topological polar surface area (TPSA) is 43.6 Å². The summed E-state index contributed by atoms with van der Waals surface area (Å²) in [5.41, 5.74) is 0.763. The monoisotopic (exact) mass is 222 g/mol. The Morgan fingerprint density at radius 3 is 2.87 bits per heavy atom. The Kier molecular flexibility index (Phi) is 2.68. The first-order chi connectivity index (χ1) is 7.20. The Labute approximate surface area is 93.0 Å². The van der Waals surface area contributed by atoms with Gasteiger partial charge in [-0.25, -0.2) is 15.0 Å². The van der Waals surface area contributed by atoms with Crippen molar-refractivity contribution in [2.75, 3.05) is 0 Å². The van der Waals surface area contributed by atoms with Gasteiger partial charge in [-0.05, 0) is 13.8 Å². The molecule has 0 aromatic carbocycles. The average Bonchev–Trinajstić information content (AvgIpc) is 2.63. The van der Waals surface area contributed by atoms with Crippen LogP contribution in [-0.4, -0.2) is 19.5 Å². The Balaban J connectivity index is 2.53. The molecule has 0 bridgehead atoms. The molecule has 0 atom stereocenters. The third-order valence-electron chi connectivity index (χ3n) is 2.09. The Bertz CT molecular complexity index is 458. The van der Waals surface area contributed by atoms with Gasteiger partial charge >= 0.3 is 0 Å². The summed E-state index contributed by atoms with van der Waals surface area (Å²) in [6.07, 6.45) is 3.67. The van der Waals surface area contributed by atoms with E-state index in [9.17, 15) is 0 Å². The van der Waals surface area contributed by atoms with E-state index < -0.39 is 0 Å². The predicted octanol–water partition coefficient (Wildman–Crippen LogP) is 2.32. The van der Waals surface area contributed by atoms with Gasteiger partial charge in [-0.2, -0.15) is 0 Å². The normalized spacial score (nSPS) is 10.6. The molecule has 0 aliphatic rings. The van der Waals surface area contributed by atoms with E-state index in [-0.39, 0.29) is 0 Å². The summed E-state index contributed by atoms with van der Waals surface area (Å²) >= 11 is 5.87. The molecule has 0 unspecified atom stereocenters. The lowest BCUT2D eigenvalue weighted by Gasteiger charge is -2.04. The zero-order valence-corrected chi connectivity index (χ0v) is 9.36. The van der Waals surface area contributed by atoms with Crippen LogP contribution < -0.4 is 0 Å². The Morgan fingerprint density at radius 2 is 2.20 bits per heavy atom. The van der Waals surface area contributed by atoms with Crippen molar-refractivity contribution < 1.29 is 0 Å². The van der Waals surface area contributed by atoms with E-state index in [1.54, 1.807) is 12.3 Å². The molecule has 0 amide bonds. The molecule has 2 aromatic rings. The number of hydrogen-bond acceptors (Lipinski definition) is 3. The van der Waals surface area contributed by atoms with E-state index in [1.807, 2.05) is 17.7 Å². The van der Waals surface area contributed by atoms with E-state index in [4.69, 9.17) is 11.6 Å². The minimum atomic E-state index is 0.447. The predicted molar refractivity (Wildman–Crippen MR) is 58.7 cm³/mol. The molecule has 0 saturated carbocycles. The zero-order valence-electron chi connectivity index (χ0n) is 8.61. The van der Waals surface area contributed by atoms with Crippen molar-refractivity contribution in [3.8, 4) is 11.5 Å². The Morgan fingerprint density at radius 1 is 1.40 bits per heavy atom. The number of aryl methyl sites for hydroxylation is 2. The van der Waals surface area contributed by atoms with Crippen LogP contribution in [0.4, 0.5) is 0 Å². The fraction of sp³-hybridized carbons (Fsp3) is 0.300. The number of nitrogens with zero attached hydrogens (tertiary/aromatic N) is 4. The van der Waals surface area contributed by atoms with Crippen LogP contribution in [0, 0.1) is 6.92 Å². The van der Waals surface area contributed by atoms with Crippen molar-refractivity contribution in [2.45, 2.75) is 20.4 Å². The first-order valence-electron chi connectivity index (χ1n) is 4.73. The van der Waals surface area contributed by atoms with Crippen LogP contribution in [0.25, 0.3) is 11.5 Å². The van der Waals surface area contributed by atoms with Crippen LogP contribution in [0.5, 0.6) is 0 Å². The number of rotatable bonds is 2. The van der Waals surface area contributed by atoms with Gasteiger partial charge in [0.2, 0.25) is 0 Å². The largest absolute Gasteiger partial charge is 0.330 e. The summed E-state index contributed by atoms with van der Waals surface area (Å²) in [5, 5.41) is 0.447. The van der Waals surface area contributed by atoms with E-state index in [0.29, 0.717) is 11.0 Å². The van der Waals surface area contributed by atoms with Gasteiger partial charge in [0, 0.05) is 25.0 Å².